The SMILES string of the molecule is Cc1ccc(CN2CCc3c(cc(C(=O)N(C)Cc4ccccc4)n3C)C2)cc1. The van der Waals surface area contributed by atoms with Crippen molar-refractivity contribution in [2.24, 2.45) is 7.05 Å². The lowest BCUT2D eigenvalue weighted by Gasteiger charge is -2.27. The molecule has 0 unspecified atom stereocenters. The molecule has 3 aromatic rings. The average Bonchev–Trinajstić information content (AvgIpc) is 3.06. The van der Waals surface area contributed by atoms with Crippen LogP contribution in [-0.4, -0.2) is 33.9 Å². The lowest BCUT2D eigenvalue weighted by Crippen LogP contribution is -2.30. The number of rotatable bonds is 5. The Labute approximate surface area is 173 Å². The molecule has 0 radical (unpaired) electrons. The normalized spacial score (nSPS) is 13.9. The highest BCUT2D eigenvalue weighted by Gasteiger charge is 2.25. The molecule has 0 saturated heterocycles. The van der Waals surface area contributed by atoms with Crippen LogP contribution in [0.15, 0.2) is 60.7 Å². The number of fused-ring (bicyclic) bond motifs is 1. The smallest absolute Gasteiger partial charge is 0.270 e. The average molecular weight is 388 g/mol. The fraction of sp³-hybridized carbons (Fsp3) is 0.320. The quantitative estimate of drug-likeness (QED) is 0.658. The minimum absolute atomic E-state index is 0.0795. The van der Waals surface area contributed by atoms with E-state index in [9.17, 15) is 4.79 Å². The van der Waals surface area contributed by atoms with E-state index in [4.69, 9.17) is 0 Å². The summed E-state index contributed by atoms with van der Waals surface area (Å²) in [6.45, 7) is 5.61. The standard InChI is InChI=1S/C25H29N3O/c1-19-9-11-21(12-10-19)17-28-14-13-23-22(18-28)15-24(27(23)3)25(29)26(2)16-20-7-5-4-6-8-20/h4-12,15H,13-14,16-18H2,1-3H3. The molecule has 0 aliphatic carbocycles. The van der Waals surface area contributed by atoms with Gasteiger partial charge in [-0.1, -0.05) is 60.2 Å². The predicted molar refractivity (Wildman–Crippen MR) is 117 cm³/mol. The largest absolute Gasteiger partial charge is 0.343 e. The summed E-state index contributed by atoms with van der Waals surface area (Å²) in [4.78, 5) is 17.4. The van der Waals surface area contributed by atoms with Crippen molar-refractivity contribution in [2.45, 2.75) is 33.0 Å². The van der Waals surface area contributed by atoms with Gasteiger partial charge in [-0.05, 0) is 29.7 Å². The molecule has 4 heteroatoms. The van der Waals surface area contributed by atoms with Gasteiger partial charge in [-0.2, -0.15) is 0 Å². The van der Waals surface area contributed by atoms with Crippen LogP contribution in [0.4, 0.5) is 0 Å². The second-order valence-corrected chi connectivity index (χ2v) is 8.15. The Hall–Kier alpha value is -2.85. The van der Waals surface area contributed by atoms with Crippen molar-refractivity contribution in [3.05, 3.63) is 94.3 Å². The van der Waals surface area contributed by atoms with Crippen LogP contribution in [0.25, 0.3) is 0 Å². The van der Waals surface area contributed by atoms with Gasteiger partial charge < -0.3 is 9.47 Å². The first-order valence-corrected chi connectivity index (χ1v) is 10.3. The highest BCUT2D eigenvalue weighted by molar-refractivity contribution is 5.93. The zero-order valence-electron chi connectivity index (χ0n) is 17.6. The maximum Gasteiger partial charge on any atom is 0.270 e. The van der Waals surface area contributed by atoms with E-state index in [0.29, 0.717) is 6.54 Å². The van der Waals surface area contributed by atoms with Gasteiger partial charge in [0.05, 0.1) is 0 Å². The van der Waals surface area contributed by atoms with Crippen LogP contribution in [0.5, 0.6) is 0 Å². The van der Waals surface area contributed by atoms with E-state index in [2.05, 4.69) is 58.9 Å². The third kappa shape index (κ3) is 4.28. The minimum Gasteiger partial charge on any atom is -0.343 e. The van der Waals surface area contributed by atoms with E-state index in [1.54, 1.807) is 4.90 Å². The Morgan fingerprint density at radius 3 is 2.48 bits per heavy atom. The number of hydrogen-bond donors (Lipinski definition) is 0. The Bertz CT molecular complexity index is 989. The first-order valence-electron chi connectivity index (χ1n) is 10.3. The van der Waals surface area contributed by atoms with Crippen molar-refractivity contribution < 1.29 is 4.79 Å². The molecule has 0 N–H and O–H groups in total. The van der Waals surface area contributed by atoms with Gasteiger partial charge in [-0.25, -0.2) is 0 Å². The molecule has 0 atom stereocenters. The van der Waals surface area contributed by atoms with Crippen LogP contribution in [0.3, 0.4) is 0 Å². The first-order chi connectivity index (χ1) is 14.0. The molecule has 29 heavy (non-hydrogen) atoms. The lowest BCUT2D eigenvalue weighted by atomic mass is 10.1. The number of amides is 1. The maximum atomic E-state index is 13.1. The Kier molecular flexibility index (Phi) is 5.54. The van der Waals surface area contributed by atoms with Gasteiger partial charge in [0.15, 0.2) is 0 Å². The summed E-state index contributed by atoms with van der Waals surface area (Å²) in [6.07, 6.45) is 0.980. The van der Waals surface area contributed by atoms with E-state index in [1.165, 1.54) is 22.4 Å². The molecule has 4 rings (SSSR count). The summed E-state index contributed by atoms with van der Waals surface area (Å²) in [5.74, 6) is 0.0795. The molecule has 1 amide bonds. The van der Waals surface area contributed by atoms with Crippen LogP contribution < -0.4 is 0 Å². The summed E-state index contributed by atoms with van der Waals surface area (Å²) in [5.41, 5.74) is 7.13. The van der Waals surface area contributed by atoms with Crippen LogP contribution >= 0.6 is 0 Å². The Balaban J connectivity index is 1.47. The molecular weight excluding hydrogens is 358 g/mol. The highest BCUT2D eigenvalue weighted by Crippen LogP contribution is 2.25. The van der Waals surface area contributed by atoms with Gasteiger partial charge in [0.25, 0.3) is 5.91 Å². The number of hydrogen-bond acceptors (Lipinski definition) is 2. The fourth-order valence-electron chi connectivity index (χ4n) is 4.17. The molecule has 1 aromatic heterocycles. The van der Waals surface area contributed by atoms with Gasteiger partial charge in [0.1, 0.15) is 5.69 Å². The van der Waals surface area contributed by atoms with Crippen LogP contribution in [0.1, 0.15) is 38.4 Å². The molecule has 1 aliphatic heterocycles. The second kappa shape index (κ2) is 8.26. The van der Waals surface area contributed by atoms with Gasteiger partial charge in [0.2, 0.25) is 0 Å². The van der Waals surface area contributed by atoms with E-state index in [1.807, 2.05) is 32.3 Å². The predicted octanol–water partition coefficient (Wildman–Crippen LogP) is 4.16. The summed E-state index contributed by atoms with van der Waals surface area (Å²) < 4.78 is 2.10. The lowest BCUT2D eigenvalue weighted by molar-refractivity contribution is 0.0775. The summed E-state index contributed by atoms with van der Waals surface area (Å²) >= 11 is 0. The Morgan fingerprint density at radius 2 is 1.76 bits per heavy atom. The molecule has 1 aliphatic rings. The molecule has 150 valence electrons. The molecule has 0 fully saturated rings. The van der Waals surface area contributed by atoms with Crippen molar-refractivity contribution in [1.29, 1.82) is 0 Å². The Morgan fingerprint density at radius 1 is 1.03 bits per heavy atom. The number of aromatic nitrogens is 1. The number of nitrogens with zero attached hydrogens (tertiary/aromatic N) is 3. The van der Waals surface area contributed by atoms with Crippen LogP contribution in [-0.2, 0) is 33.1 Å². The molecular formula is C25H29N3O. The van der Waals surface area contributed by atoms with E-state index in [0.717, 1.165) is 37.3 Å². The molecule has 0 spiro atoms. The molecule has 0 bridgehead atoms. The van der Waals surface area contributed by atoms with Crippen molar-refractivity contribution >= 4 is 5.91 Å². The summed E-state index contributed by atoms with van der Waals surface area (Å²) in [5, 5.41) is 0. The third-order valence-electron chi connectivity index (χ3n) is 5.86. The van der Waals surface area contributed by atoms with Crippen molar-refractivity contribution in [2.75, 3.05) is 13.6 Å². The highest BCUT2D eigenvalue weighted by atomic mass is 16.2. The number of benzene rings is 2. The molecule has 2 aromatic carbocycles. The topological polar surface area (TPSA) is 28.5 Å². The van der Waals surface area contributed by atoms with Gasteiger partial charge in [-0.15, -0.1) is 0 Å². The van der Waals surface area contributed by atoms with Crippen molar-refractivity contribution in [3.63, 3.8) is 0 Å². The van der Waals surface area contributed by atoms with E-state index >= 15 is 0 Å². The molecule has 4 nitrogen and oxygen atoms in total. The molecule has 0 saturated carbocycles. The summed E-state index contributed by atoms with van der Waals surface area (Å²) in [7, 11) is 3.91. The zero-order valence-corrected chi connectivity index (χ0v) is 17.6. The van der Waals surface area contributed by atoms with Crippen molar-refractivity contribution in [3.8, 4) is 0 Å². The van der Waals surface area contributed by atoms with Gasteiger partial charge in [0, 0.05) is 52.4 Å². The number of carbonyl (C=O) groups is 1. The van der Waals surface area contributed by atoms with Crippen LogP contribution in [0.2, 0.25) is 0 Å². The maximum absolute atomic E-state index is 13.1. The minimum atomic E-state index is 0.0795. The van der Waals surface area contributed by atoms with E-state index < -0.39 is 0 Å². The number of aryl methyl sites for hydroxylation is 1. The van der Waals surface area contributed by atoms with Crippen LogP contribution in [0, 0.1) is 6.92 Å². The monoisotopic (exact) mass is 387 g/mol. The first kappa shape index (κ1) is 19.5. The number of carbonyl (C=O) groups excluding carboxylic acids is 1. The third-order valence-corrected chi connectivity index (χ3v) is 5.86. The fourth-order valence-corrected chi connectivity index (χ4v) is 4.17. The van der Waals surface area contributed by atoms with Gasteiger partial charge >= 0.3 is 0 Å². The summed E-state index contributed by atoms with van der Waals surface area (Å²) in [6, 6.07) is 21.0. The van der Waals surface area contributed by atoms with Gasteiger partial charge in [-0.3, -0.25) is 9.69 Å². The van der Waals surface area contributed by atoms with Crippen molar-refractivity contribution in [1.82, 2.24) is 14.4 Å². The molecule has 2 heterocycles. The second-order valence-electron chi connectivity index (χ2n) is 8.15. The van der Waals surface area contributed by atoms with E-state index in [-0.39, 0.29) is 5.91 Å². The zero-order chi connectivity index (χ0) is 20.4.